The second-order valence-corrected chi connectivity index (χ2v) is 7.72. The number of Topliss-reactive ketones (excluding diaryl/α,β-unsaturated/α-hetero) is 1. The summed E-state index contributed by atoms with van der Waals surface area (Å²) in [5.74, 6) is -0.781. The average Bonchev–Trinajstić information content (AvgIpc) is 3.18. The Labute approximate surface area is 154 Å². The van der Waals surface area contributed by atoms with Crippen molar-refractivity contribution in [1.82, 2.24) is 14.4 Å². The highest BCUT2D eigenvalue weighted by molar-refractivity contribution is 6.42. The second-order valence-electron chi connectivity index (χ2n) is 7.72. The van der Waals surface area contributed by atoms with Crippen LogP contribution >= 0.6 is 0 Å². The molecule has 3 rings (SSSR count). The van der Waals surface area contributed by atoms with E-state index in [0.29, 0.717) is 18.8 Å². The van der Waals surface area contributed by atoms with Crippen molar-refractivity contribution < 1.29 is 19.4 Å². The van der Waals surface area contributed by atoms with E-state index in [0.717, 1.165) is 19.6 Å². The Morgan fingerprint density at radius 3 is 2.38 bits per heavy atom. The Hall–Kier alpha value is -1.70. The number of aromatic nitrogens is 1. The van der Waals surface area contributed by atoms with Crippen LogP contribution < -0.4 is 0 Å². The standard InChI is InChI=1S/C19H29N3O4/c1-13-7-21(8-14(2)26-13)9-15-10-22(11-16(15)12-23)19(25)18(24)17-5-4-6-20(17)3/h4-6,13-16,23H,7-12H2,1-3H3. The van der Waals surface area contributed by atoms with Gasteiger partial charge in [0.05, 0.1) is 17.9 Å². The number of hydrogen-bond donors (Lipinski definition) is 1. The lowest BCUT2D eigenvalue weighted by atomic mass is 9.96. The second kappa shape index (κ2) is 7.90. The van der Waals surface area contributed by atoms with E-state index in [4.69, 9.17) is 4.74 Å². The SMILES string of the molecule is CC1CN(CC2CN(C(=O)C(=O)c3cccn3C)CC2CO)CC(C)O1. The third-order valence-electron chi connectivity index (χ3n) is 5.46. The van der Waals surface area contributed by atoms with Gasteiger partial charge in [0.2, 0.25) is 0 Å². The molecule has 1 N–H and O–H groups in total. The maximum Gasteiger partial charge on any atom is 0.296 e. The molecule has 26 heavy (non-hydrogen) atoms. The monoisotopic (exact) mass is 363 g/mol. The fraction of sp³-hybridized carbons (Fsp3) is 0.684. The molecule has 1 aromatic heterocycles. The van der Waals surface area contributed by atoms with Gasteiger partial charge in [-0.05, 0) is 31.9 Å². The molecule has 2 aliphatic heterocycles. The van der Waals surface area contributed by atoms with Gasteiger partial charge < -0.3 is 19.3 Å². The zero-order valence-electron chi connectivity index (χ0n) is 15.8. The van der Waals surface area contributed by atoms with Crippen LogP contribution in [0, 0.1) is 11.8 Å². The van der Waals surface area contributed by atoms with E-state index in [2.05, 4.69) is 18.7 Å². The van der Waals surface area contributed by atoms with Gasteiger partial charge >= 0.3 is 0 Å². The summed E-state index contributed by atoms with van der Waals surface area (Å²) >= 11 is 0. The Kier molecular flexibility index (Phi) is 5.79. The van der Waals surface area contributed by atoms with Crippen molar-refractivity contribution >= 4 is 11.7 Å². The third-order valence-corrected chi connectivity index (χ3v) is 5.46. The summed E-state index contributed by atoms with van der Waals surface area (Å²) in [5, 5.41) is 9.77. The lowest BCUT2D eigenvalue weighted by Crippen LogP contribution is -2.48. The van der Waals surface area contributed by atoms with Crippen LogP contribution in [0.3, 0.4) is 0 Å². The molecule has 144 valence electrons. The number of hydrogen-bond acceptors (Lipinski definition) is 5. The number of carbonyl (C=O) groups excluding carboxylic acids is 2. The van der Waals surface area contributed by atoms with E-state index in [1.54, 1.807) is 34.8 Å². The topological polar surface area (TPSA) is 75.0 Å². The number of ketones is 1. The van der Waals surface area contributed by atoms with E-state index in [-0.39, 0.29) is 30.7 Å². The van der Waals surface area contributed by atoms with E-state index in [9.17, 15) is 14.7 Å². The molecule has 1 amide bonds. The largest absolute Gasteiger partial charge is 0.396 e. The van der Waals surface area contributed by atoms with Crippen molar-refractivity contribution in [2.24, 2.45) is 18.9 Å². The molecular weight excluding hydrogens is 334 g/mol. The number of morpholine rings is 1. The predicted octanol–water partition coefficient (Wildman–Crippen LogP) is 0.384. The van der Waals surface area contributed by atoms with Crippen molar-refractivity contribution in [3.63, 3.8) is 0 Å². The third kappa shape index (κ3) is 4.00. The minimum atomic E-state index is -0.483. The summed E-state index contributed by atoms with van der Waals surface area (Å²) in [6, 6.07) is 3.42. The van der Waals surface area contributed by atoms with Gasteiger partial charge in [-0.2, -0.15) is 0 Å². The molecular formula is C19H29N3O4. The number of nitrogens with zero attached hydrogens (tertiary/aromatic N) is 3. The maximum absolute atomic E-state index is 12.6. The Balaban J connectivity index is 1.64. The quantitative estimate of drug-likeness (QED) is 0.605. The fourth-order valence-electron chi connectivity index (χ4n) is 4.23. The fourth-order valence-corrected chi connectivity index (χ4v) is 4.23. The van der Waals surface area contributed by atoms with Crippen molar-refractivity contribution in [2.75, 3.05) is 39.3 Å². The van der Waals surface area contributed by atoms with Crippen LogP contribution in [0.25, 0.3) is 0 Å². The lowest BCUT2D eigenvalue weighted by Gasteiger charge is -2.37. The minimum absolute atomic E-state index is 0.00798. The van der Waals surface area contributed by atoms with Gasteiger partial charge in [0.25, 0.3) is 11.7 Å². The van der Waals surface area contributed by atoms with Crippen LogP contribution in [0.15, 0.2) is 18.3 Å². The Morgan fingerprint density at radius 2 is 1.81 bits per heavy atom. The van der Waals surface area contributed by atoms with Gasteiger partial charge in [0.15, 0.2) is 0 Å². The highest BCUT2D eigenvalue weighted by atomic mass is 16.5. The first kappa shape index (κ1) is 19.1. The average molecular weight is 363 g/mol. The zero-order valence-corrected chi connectivity index (χ0v) is 15.8. The Morgan fingerprint density at radius 1 is 1.15 bits per heavy atom. The molecule has 0 aromatic carbocycles. The molecule has 2 saturated heterocycles. The maximum atomic E-state index is 12.6. The van der Waals surface area contributed by atoms with E-state index in [1.165, 1.54) is 0 Å². The van der Waals surface area contributed by atoms with Crippen LogP contribution in [0.2, 0.25) is 0 Å². The van der Waals surface area contributed by atoms with Crippen molar-refractivity contribution in [2.45, 2.75) is 26.1 Å². The number of ether oxygens (including phenoxy) is 1. The molecule has 4 unspecified atom stereocenters. The van der Waals surface area contributed by atoms with E-state index in [1.807, 2.05) is 0 Å². The molecule has 7 nitrogen and oxygen atoms in total. The van der Waals surface area contributed by atoms with Crippen LogP contribution in [0.5, 0.6) is 0 Å². The van der Waals surface area contributed by atoms with Gasteiger partial charge in [-0.1, -0.05) is 0 Å². The molecule has 0 bridgehead atoms. The molecule has 0 radical (unpaired) electrons. The van der Waals surface area contributed by atoms with Gasteiger partial charge in [-0.25, -0.2) is 0 Å². The molecule has 7 heteroatoms. The molecule has 0 spiro atoms. The highest BCUT2D eigenvalue weighted by Crippen LogP contribution is 2.26. The molecule has 2 fully saturated rings. The number of aryl methyl sites for hydroxylation is 1. The summed E-state index contributed by atoms with van der Waals surface area (Å²) < 4.78 is 7.44. The Bertz CT molecular complexity index is 649. The first-order valence-corrected chi connectivity index (χ1v) is 9.32. The van der Waals surface area contributed by atoms with E-state index < -0.39 is 11.7 Å². The summed E-state index contributed by atoms with van der Waals surface area (Å²) in [5.41, 5.74) is 0.398. The smallest absolute Gasteiger partial charge is 0.296 e. The number of amides is 1. The molecule has 4 atom stereocenters. The first-order valence-electron chi connectivity index (χ1n) is 9.32. The van der Waals surface area contributed by atoms with Crippen molar-refractivity contribution in [3.05, 3.63) is 24.0 Å². The zero-order chi connectivity index (χ0) is 18.8. The summed E-state index contributed by atoms with van der Waals surface area (Å²) in [6.07, 6.45) is 2.12. The number of likely N-dealkylation sites (tertiary alicyclic amines) is 1. The van der Waals surface area contributed by atoms with Crippen LogP contribution in [-0.2, 0) is 16.6 Å². The normalized spacial score (nSPS) is 29.9. The molecule has 0 aliphatic carbocycles. The number of aliphatic hydroxyl groups is 1. The predicted molar refractivity (Wildman–Crippen MR) is 96.8 cm³/mol. The molecule has 1 aromatic rings. The van der Waals surface area contributed by atoms with Crippen LogP contribution in [0.4, 0.5) is 0 Å². The molecule has 0 saturated carbocycles. The molecule has 3 heterocycles. The van der Waals surface area contributed by atoms with E-state index >= 15 is 0 Å². The van der Waals surface area contributed by atoms with Crippen LogP contribution in [0.1, 0.15) is 24.3 Å². The highest BCUT2D eigenvalue weighted by Gasteiger charge is 2.39. The number of rotatable bonds is 5. The summed E-state index contributed by atoms with van der Waals surface area (Å²) in [4.78, 5) is 29.1. The number of carbonyl (C=O) groups is 2. The first-order chi connectivity index (χ1) is 12.4. The van der Waals surface area contributed by atoms with Gasteiger partial charge in [0.1, 0.15) is 0 Å². The van der Waals surface area contributed by atoms with Gasteiger partial charge in [-0.3, -0.25) is 14.5 Å². The minimum Gasteiger partial charge on any atom is -0.396 e. The van der Waals surface area contributed by atoms with Gasteiger partial charge in [0, 0.05) is 58.5 Å². The lowest BCUT2D eigenvalue weighted by molar-refractivity contribution is -0.125. The summed E-state index contributed by atoms with van der Waals surface area (Å²) in [6.45, 7) is 7.63. The molecule has 2 aliphatic rings. The summed E-state index contributed by atoms with van der Waals surface area (Å²) in [7, 11) is 1.75. The van der Waals surface area contributed by atoms with Crippen molar-refractivity contribution in [1.29, 1.82) is 0 Å². The van der Waals surface area contributed by atoms with Crippen molar-refractivity contribution in [3.8, 4) is 0 Å². The van der Waals surface area contributed by atoms with Crippen LogP contribution in [-0.4, -0.2) is 82.7 Å². The van der Waals surface area contributed by atoms with Gasteiger partial charge in [-0.15, -0.1) is 0 Å². The number of aliphatic hydroxyl groups excluding tert-OH is 1.